The lowest BCUT2D eigenvalue weighted by Gasteiger charge is -2.39. The Morgan fingerprint density at radius 3 is 1.88 bits per heavy atom. The van der Waals surface area contributed by atoms with E-state index >= 15 is 33.6 Å². The molecule has 36 heteroatoms. The highest BCUT2D eigenvalue weighted by Gasteiger charge is 2.47. The Morgan fingerprint density at radius 1 is 0.608 bits per heavy atom. The Morgan fingerprint density at radius 2 is 1.25 bits per heavy atom. The molecular formula is C94H138N16O18S2. The van der Waals surface area contributed by atoms with Gasteiger partial charge >= 0.3 is 0 Å². The Balaban J connectivity index is 1.54. The molecule has 130 heavy (non-hydrogen) atoms. The Labute approximate surface area is 769 Å². The molecule has 0 aliphatic carbocycles. The molecule has 5 aromatic rings. The first-order chi connectivity index (χ1) is 61.2. The highest BCUT2D eigenvalue weighted by molar-refractivity contribution is 8.77. The molecule has 22 N–H and O–H groups in total. The predicted octanol–water partition coefficient (Wildman–Crippen LogP) is 4.95. The number of aryl methyl sites for hydroxylation is 1. The topological polar surface area (TPSA) is 569 Å². The number of rotatable bonds is 48. The van der Waals surface area contributed by atoms with Crippen LogP contribution in [0.5, 0.6) is 5.75 Å². The monoisotopic (exact) mass is 1840 g/mol. The third kappa shape index (κ3) is 34.6. The number of Topliss-reactive ketones (excluding diaryl/α,β-unsaturated/α-hetero) is 4. The first-order valence-electron chi connectivity index (χ1n) is 44.8. The number of primary amides is 2. The molecule has 2 heterocycles. The molecule has 34 nitrogen and oxygen atoms in total. The van der Waals surface area contributed by atoms with Crippen LogP contribution in [0.3, 0.4) is 0 Å². The van der Waals surface area contributed by atoms with Crippen molar-refractivity contribution in [2.24, 2.45) is 51.8 Å². The van der Waals surface area contributed by atoms with E-state index in [-0.39, 0.29) is 114 Å². The van der Waals surface area contributed by atoms with Crippen molar-refractivity contribution < 1.29 is 86.6 Å². The van der Waals surface area contributed by atoms with Crippen LogP contribution in [-0.2, 0) is 96.0 Å². The number of aliphatic hydroxyl groups is 1. The molecule has 1 saturated heterocycles. The molecule has 0 saturated carbocycles. The number of para-hydroxylation sites is 1. The van der Waals surface area contributed by atoms with Crippen LogP contribution in [-0.4, -0.2) is 206 Å². The number of fused-ring (bicyclic) bond motifs is 2. The summed E-state index contributed by atoms with van der Waals surface area (Å²) in [5, 5.41) is 41.1. The zero-order valence-corrected chi connectivity index (χ0v) is 78.9. The number of nitrogens with one attached hydrogen (secondary N) is 11. The van der Waals surface area contributed by atoms with Crippen LogP contribution < -0.4 is 86.6 Å². The normalized spacial score (nSPS) is 19.7. The third-order valence-electron chi connectivity index (χ3n) is 23.1. The average Bonchev–Trinajstić information content (AvgIpc) is 1.42. The van der Waals surface area contributed by atoms with Crippen LogP contribution in [0.25, 0.3) is 21.7 Å². The van der Waals surface area contributed by atoms with Crippen molar-refractivity contribution in [2.75, 3.05) is 26.2 Å². The highest BCUT2D eigenvalue weighted by atomic mass is 33.1. The number of nitrogens with two attached hydrogens (primary N) is 5. The first kappa shape index (κ1) is 108. The number of aliphatic hydroxyl groups excluding tert-OH is 1. The van der Waals surface area contributed by atoms with Gasteiger partial charge in [0.2, 0.25) is 70.9 Å². The van der Waals surface area contributed by atoms with Crippen LogP contribution in [0.2, 0.25) is 0 Å². The molecule has 1 aliphatic heterocycles. The Hall–Kier alpha value is -10.7. The zero-order valence-electron chi connectivity index (χ0n) is 77.3. The fraction of sp³-hybridized carbons (Fsp3) is 0.574. The number of carbonyl (C=O) groups excluding carboxylic acids is 16. The molecule has 12 amide bonds. The van der Waals surface area contributed by atoms with Gasteiger partial charge in [-0.2, -0.15) is 0 Å². The molecule has 714 valence electrons. The first-order valence-corrected chi connectivity index (χ1v) is 47.0. The van der Waals surface area contributed by atoms with Crippen LogP contribution in [0.4, 0.5) is 0 Å². The zero-order chi connectivity index (χ0) is 96.5. The summed E-state index contributed by atoms with van der Waals surface area (Å²) in [5.41, 5.74) is 31.1. The molecule has 0 spiro atoms. The van der Waals surface area contributed by atoms with Gasteiger partial charge in [-0.1, -0.05) is 134 Å². The van der Waals surface area contributed by atoms with Gasteiger partial charge in [-0.3, -0.25) is 71.9 Å². The molecule has 1 aliphatic rings. The summed E-state index contributed by atoms with van der Waals surface area (Å²) >= 11 is 0. The van der Waals surface area contributed by atoms with E-state index in [1.165, 1.54) is 20.8 Å². The standard InChI is InChI=1S/C94H138N16O18S2/c1-53(2)42-72(83(99)119)105-84(120)64(43-55(4)97)48-75(115)69(29-19-22-40-100-58(7)113)108-91(127)94(13,37-20-21-38-95)51-77(117)71(46-61-31-34-62-26-17-18-27-63(62)45-61)104-85(121)65(44-60-32-35-67(36-33-60)128-41-39-96)49-76(116)81-92(9,10)129-130-93(11,12)82(102-59(8)114)90(126)107-74(50-78(98)118)88(124)109-80(57(6)112)89(125)106-73(47-66-52-101-79-54(3)24-23-28-68(66)79)87(123)103-70(86(122)110-81)30-16-14-15-25-56(5)111/h17-18,23-24,26-28,31-36,45,52-53,55,57,64-65,69-74,80-82,101,112H,14-16,19-22,25,29-30,37-44,46-51,95-97H2,1-13H3,(H2,98,118)(H2,99,119)(H,100,113)(H,102,114)(H,103,123)(H,104,121)(H,105,120)(H,106,125)(H,107,126)(H,108,127)(H,109,124)(H,110,122)/t55?,57-,64-,65-,69+,70+,71+,72-,73+,74+,80+,81-,82-,94-/m1/s1. The molecule has 1 aromatic heterocycles. The van der Waals surface area contributed by atoms with Gasteiger partial charge < -0.3 is 101 Å². The van der Waals surface area contributed by atoms with Crippen molar-refractivity contribution in [1.29, 1.82) is 0 Å². The van der Waals surface area contributed by atoms with E-state index in [2.05, 4.69) is 58.2 Å². The molecule has 0 radical (unpaired) electrons. The number of unbranched alkanes of at least 4 members (excludes halogenated alkanes) is 4. The Kier molecular flexibility index (Phi) is 43.1. The van der Waals surface area contributed by atoms with Crippen molar-refractivity contribution in [3.8, 4) is 5.75 Å². The maximum Gasteiger partial charge on any atom is 0.245 e. The fourth-order valence-electron chi connectivity index (χ4n) is 15.8. The number of hydrogen-bond acceptors (Lipinski definition) is 23. The lowest BCUT2D eigenvalue weighted by molar-refractivity contribution is -0.139. The van der Waals surface area contributed by atoms with E-state index in [0.29, 0.717) is 65.4 Å². The summed E-state index contributed by atoms with van der Waals surface area (Å²) in [6, 6.07) is 10.4. The molecule has 6 rings (SSSR count). The van der Waals surface area contributed by atoms with Crippen molar-refractivity contribution in [3.63, 3.8) is 0 Å². The number of aromatic nitrogens is 1. The van der Waals surface area contributed by atoms with Crippen LogP contribution in [0, 0.1) is 30.1 Å². The number of aromatic amines is 1. The minimum atomic E-state index is -1.90. The van der Waals surface area contributed by atoms with Gasteiger partial charge in [0.15, 0.2) is 17.3 Å². The number of ether oxygens (including phenoxy) is 1. The van der Waals surface area contributed by atoms with E-state index in [0.717, 1.165) is 44.8 Å². The minimum Gasteiger partial charge on any atom is -0.492 e. The average molecular weight is 1840 g/mol. The summed E-state index contributed by atoms with van der Waals surface area (Å²) in [4.78, 5) is 236. The molecule has 1 unspecified atom stereocenters. The van der Waals surface area contributed by atoms with Crippen molar-refractivity contribution in [3.05, 3.63) is 113 Å². The fourth-order valence-corrected chi connectivity index (χ4v) is 18.7. The number of H-pyrrole nitrogens is 1. The molecule has 4 aromatic carbocycles. The largest absolute Gasteiger partial charge is 0.492 e. The summed E-state index contributed by atoms with van der Waals surface area (Å²) in [6.45, 7) is 21.0. The number of ketones is 4. The second-order valence-electron chi connectivity index (χ2n) is 36.3. The van der Waals surface area contributed by atoms with Crippen LogP contribution >= 0.6 is 21.6 Å². The van der Waals surface area contributed by atoms with E-state index in [4.69, 9.17) is 33.4 Å². The maximum atomic E-state index is 16.5. The van der Waals surface area contributed by atoms with Gasteiger partial charge in [0.25, 0.3) is 0 Å². The van der Waals surface area contributed by atoms with E-state index in [9.17, 15) is 48.3 Å². The number of hydrogen-bond donors (Lipinski definition) is 17. The summed E-state index contributed by atoms with van der Waals surface area (Å²) in [5.74, 6) is -14.6. The molecule has 14 atom stereocenters. The van der Waals surface area contributed by atoms with E-state index < -0.39 is 201 Å². The van der Waals surface area contributed by atoms with Crippen LogP contribution in [0.15, 0.2) is 91.1 Å². The van der Waals surface area contributed by atoms with Gasteiger partial charge in [0, 0.05) is 104 Å². The summed E-state index contributed by atoms with van der Waals surface area (Å²) < 4.78 is 2.77. The van der Waals surface area contributed by atoms with Gasteiger partial charge in [0.1, 0.15) is 60.4 Å². The second-order valence-corrected chi connectivity index (χ2v) is 39.7. The Bertz CT molecular complexity index is 4770. The highest BCUT2D eigenvalue weighted by Crippen LogP contribution is 2.47. The maximum absolute atomic E-state index is 16.5. The predicted molar refractivity (Wildman–Crippen MR) is 501 cm³/mol. The molecule has 1 fully saturated rings. The van der Waals surface area contributed by atoms with E-state index in [1.54, 1.807) is 90.2 Å². The van der Waals surface area contributed by atoms with E-state index in [1.807, 2.05) is 63.2 Å². The van der Waals surface area contributed by atoms with Crippen LogP contribution in [0.1, 0.15) is 214 Å². The van der Waals surface area contributed by atoms with Crippen molar-refractivity contribution >= 4 is 137 Å². The molecule has 0 bridgehead atoms. The quantitative estimate of drug-likeness (QED) is 0.0181. The van der Waals surface area contributed by atoms with Gasteiger partial charge in [-0.25, -0.2) is 0 Å². The lowest BCUT2D eigenvalue weighted by Crippen LogP contribution is -2.63. The molecular weight excluding hydrogens is 1710 g/mol. The van der Waals surface area contributed by atoms with Gasteiger partial charge in [-0.15, -0.1) is 0 Å². The minimum absolute atomic E-state index is 0.000516. The lowest BCUT2D eigenvalue weighted by atomic mass is 9.77. The number of benzene rings is 4. The van der Waals surface area contributed by atoms with Crippen molar-refractivity contribution in [2.45, 2.75) is 294 Å². The second kappa shape index (κ2) is 51.8. The van der Waals surface area contributed by atoms with Gasteiger partial charge in [-0.05, 0) is 184 Å². The third-order valence-corrected chi connectivity index (χ3v) is 27.3. The summed E-state index contributed by atoms with van der Waals surface area (Å²) in [7, 11) is 1.94. The van der Waals surface area contributed by atoms with Crippen molar-refractivity contribution in [1.82, 2.24) is 58.2 Å². The number of amides is 12. The SMILES string of the molecule is CC(=O)CCCCC[C@@H]1NC(=O)[C@H](Cc2c[nH]c3c(C)cccc23)NC(=O)[C@H]([C@@H](C)O)NC(=O)[C@H](CC(N)=O)NC(=O)[C@@H](NC(C)=O)C(C)(C)SSC(C)(C)[C@@H](C(=O)C[C@@H](Cc2ccc(OCCN)cc2)C(=O)N[C@@H](Cc2ccc3ccccc3c2)C(=O)C[C@@](C)(CCCCN)C(=O)N[C@@H](CCCCNC(C)=O)C(=O)C[C@@H](CC(C)N)C(=O)N[C@H](CC(C)C)C(N)=O)NC1=O. The smallest absolute Gasteiger partial charge is 0.245 e. The number of carbonyl (C=O) groups is 16. The summed E-state index contributed by atoms with van der Waals surface area (Å²) in [6.07, 6.45) is -0.733. The van der Waals surface area contributed by atoms with Gasteiger partial charge in [0.05, 0.1) is 30.0 Å².